The van der Waals surface area contributed by atoms with Crippen molar-refractivity contribution in [3.8, 4) is 0 Å². The average Bonchev–Trinajstić information content (AvgIpc) is 2.25. The van der Waals surface area contributed by atoms with Gasteiger partial charge in [0.1, 0.15) is 5.82 Å². The molecule has 3 heteroatoms. The van der Waals surface area contributed by atoms with Crippen molar-refractivity contribution >= 4 is 17.6 Å². The van der Waals surface area contributed by atoms with Gasteiger partial charge in [0.25, 0.3) is 0 Å². The largest absolute Gasteiger partial charge is 0.373 e. The minimum atomic E-state index is 0.950. The van der Waals surface area contributed by atoms with Crippen LogP contribution < -0.4 is 5.32 Å². The summed E-state index contributed by atoms with van der Waals surface area (Å²) in [5.74, 6) is 2.12. The van der Waals surface area contributed by atoms with Crippen LogP contribution in [0.3, 0.4) is 0 Å². The normalized spacial score (nSPS) is 10.1. The maximum Gasteiger partial charge on any atom is 0.126 e. The van der Waals surface area contributed by atoms with Crippen molar-refractivity contribution in [2.75, 3.05) is 18.1 Å². The fraction of sp³-hybridized carbons (Fsp3) is 0.545. The number of hydrogen-bond acceptors (Lipinski definition) is 3. The Morgan fingerprint density at radius 3 is 2.93 bits per heavy atom. The Bertz CT molecular complexity index is 263. The van der Waals surface area contributed by atoms with Crippen molar-refractivity contribution in [1.82, 2.24) is 4.98 Å². The molecule has 14 heavy (non-hydrogen) atoms. The molecule has 0 amide bonds. The van der Waals surface area contributed by atoms with E-state index in [0.29, 0.717) is 0 Å². The van der Waals surface area contributed by atoms with Crippen LogP contribution in [0.5, 0.6) is 0 Å². The fourth-order valence-corrected chi connectivity index (χ4v) is 2.06. The molecule has 0 aromatic carbocycles. The van der Waals surface area contributed by atoms with Crippen LogP contribution in [-0.2, 0) is 0 Å². The Balaban J connectivity index is 2.34. The molecule has 1 N–H and O–H groups in total. The summed E-state index contributed by atoms with van der Waals surface area (Å²) in [7, 11) is 1.90. The van der Waals surface area contributed by atoms with Gasteiger partial charge in [-0.3, -0.25) is 0 Å². The third kappa shape index (κ3) is 4.01. The van der Waals surface area contributed by atoms with Crippen LogP contribution in [0.25, 0.3) is 0 Å². The van der Waals surface area contributed by atoms with Gasteiger partial charge in [-0.25, -0.2) is 4.98 Å². The Labute approximate surface area is 90.5 Å². The number of nitrogens with one attached hydrogen (secondary N) is 1. The summed E-state index contributed by atoms with van der Waals surface area (Å²) in [6.45, 7) is 2.23. The van der Waals surface area contributed by atoms with Crippen molar-refractivity contribution in [2.45, 2.75) is 31.2 Å². The number of anilines is 1. The standard InChI is InChI=1S/C11H18N2S/c1-3-4-5-9-14-11-8-6-7-10(12-2)13-11/h6-8H,3-5,9H2,1-2H3,(H,12,13). The van der Waals surface area contributed by atoms with E-state index in [0.717, 1.165) is 10.8 Å². The maximum atomic E-state index is 4.44. The zero-order chi connectivity index (χ0) is 10.2. The fourth-order valence-electron chi connectivity index (χ4n) is 1.16. The Kier molecular flexibility index (Phi) is 5.45. The van der Waals surface area contributed by atoms with E-state index >= 15 is 0 Å². The highest BCUT2D eigenvalue weighted by Gasteiger charge is 1.96. The van der Waals surface area contributed by atoms with Crippen molar-refractivity contribution < 1.29 is 0 Å². The number of aromatic nitrogens is 1. The van der Waals surface area contributed by atoms with Crippen molar-refractivity contribution in [1.29, 1.82) is 0 Å². The third-order valence-corrected chi connectivity index (χ3v) is 2.99. The summed E-state index contributed by atoms with van der Waals surface area (Å²) < 4.78 is 0. The summed E-state index contributed by atoms with van der Waals surface area (Å²) in [4.78, 5) is 4.44. The van der Waals surface area contributed by atoms with Gasteiger partial charge in [-0.1, -0.05) is 25.8 Å². The lowest BCUT2D eigenvalue weighted by molar-refractivity contribution is 0.778. The van der Waals surface area contributed by atoms with Gasteiger partial charge in [-0.05, 0) is 24.3 Å². The minimum Gasteiger partial charge on any atom is -0.373 e. The van der Waals surface area contributed by atoms with E-state index in [1.807, 2.05) is 30.9 Å². The molecule has 1 aromatic rings. The summed E-state index contributed by atoms with van der Waals surface area (Å²) in [5.41, 5.74) is 0. The van der Waals surface area contributed by atoms with Gasteiger partial charge in [-0.15, -0.1) is 11.8 Å². The summed E-state index contributed by atoms with van der Waals surface area (Å²) >= 11 is 1.84. The summed E-state index contributed by atoms with van der Waals surface area (Å²) in [5, 5.41) is 4.16. The number of pyridine rings is 1. The molecule has 1 aromatic heterocycles. The van der Waals surface area contributed by atoms with Gasteiger partial charge >= 0.3 is 0 Å². The first-order valence-corrected chi connectivity index (χ1v) is 6.13. The first-order valence-electron chi connectivity index (χ1n) is 5.14. The SMILES string of the molecule is CCCCCSc1cccc(NC)n1. The Morgan fingerprint density at radius 2 is 2.21 bits per heavy atom. The second-order valence-electron chi connectivity index (χ2n) is 3.17. The molecule has 0 saturated heterocycles. The van der Waals surface area contributed by atoms with Crippen LogP contribution in [0, 0.1) is 0 Å². The molecular weight excluding hydrogens is 192 g/mol. The predicted molar refractivity (Wildman–Crippen MR) is 64.0 cm³/mol. The topological polar surface area (TPSA) is 24.9 Å². The van der Waals surface area contributed by atoms with Crippen LogP contribution in [0.2, 0.25) is 0 Å². The van der Waals surface area contributed by atoms with Gasteiger partial charge in [0.2, 0.25) is 0 Å². The average molecular weight is 210 g/mol. The molecular formula is C11H18N2S. The lowest BCUT2D eigenvalue weighted by Gasteiger charge is -2.02. The molecule has 1 heterocycles. The van der Waals surface area contributed by atoms with E-state index in [4.69, 9.17) is 0 Å². The summed E-state index contributed by atoms with van der Waals surface area (Å²) in [6, 6.07) is 6.09. The molecule has 0 unspecified atom stereocenters. The molecule has 0 atom stereocenters. The minimum absolute atomic E-state index is 0.950. The zero-order valence-corrected chi connectivity index (χ0v) is 9.73. The van der Waals surface area contributed by atoms with Crippen LogP contribution in [-0.4, -0.2) is 17.8 Å². The van der Waals surface area contributed by atoms with Gasteiger partial charge in [-0.2, -0.15) is 0 Å². The van der Waals surface area contributed by atoms with Crippen LogP contribution >= 0.6 is 11.8 Å². The number of thioether (sulfide) groups is 1. The Morgan fingerprint density at radius 1 is 1.36 bits per heavy atom. The van der Waals surface area contributed by atoms with Gasteiger partial charge < -0.3 is 5.32 Å². The highest BCUT2D eigenvalue weighted by molar-refractivity contribution is 7.99. The second-order valence-corrected chi connectivity index (χ2v) is 4.28. The molecule has 0 aliphatic carbocycles. The van der Waals surface area contributed by atoms with Crippen LogP contribution in [0.4, 0.5) is 5.82 Å². The molecule has 0 aliphatic heterocycles. The predicted octanol–water partition coefficient (Wildman–Crippen LogP) is 3.41. The maximum absolute atomic E-state index is 4.44. The number of hydrogen-bond donors (Lipinski definition) is 1. The molecule has 0 fully saturated rings. The van der Waals surface area contributed by atoms with E-state index in [1.165, 1.54) is 25.0 Å². The number of nitrogens with zero attached hydrogens (tertiary/aromatic N) is 1. The highest BCUT2D eigenvalue weighted by atomic mass is 32.2. The molecule has 2 nitrogen and oxygen atoms in total. The highest BCUT2D eigenvalue weighted by Crippen LogP contribution is 2.18. The van der Waals surface area contributed by atoms with Gasteiger partial charge in [0, 0.05) is 7.05 Å². The zero-order valence-electron chi connectivity index (χ0n) is 8.92. The van der Waals surface area contributed by atoms with E-state index in [2.05, 4.69) is 23.3 Å². The van der Waals surface area contributed by atoms with Crippen LogP contribution in [0.1, 0.15) is 26.2 Å². The lowest BCUT2D eigenvalue weighted by Crippen LogP contribution is -1.92. The van der Waals surface area contributed by atoms with E-state index in [1.54, 1.807) is 0 Å². The first-order chi connectivity index (χ1) is 6.86. The van der Waals surface area contributed by atoms with Crippen molar-refractivity contribution in [3.05, 3.63) is 18.2 Å². The summed E-state index contributed by atoms with van der Waals surface area (Å²) in [6.07, 6.45) is 3.88. The molecule has 0 bridgehead atoms. The smallest absolute Gasteiger partial charge is 0.126 e. The first kappa shape index (κ1) is 11.4. The van der Waals surface area contributed by atoms with Gasteiger partial charge in [0.15, 0.2) is 0 Å². The second kappa shape index (κ2) is 6.71. The molecule has 0 spiro atoms. The molecule has 78 valence electrons. The van der Waals surface area contributed by atoms with Crippen molar-refractivity contribution in [2.24, 2.45) is 0 Å². The van der Waals surface area contributed by atoms with Gasteiger partial charge in [0.05, 0.1) is 5.03 Å². The molecule has 0 aliphatic rings. The molecule has 0 radical (unpaired) electrons. The number of rotatable bonds is 6. The van der Waals surface area contributed by atoms with Crippen LogP contribution in [0.15, 0.2) is 23.2 Å². The monoisotopic (exact) mass is 210 g/mol. The van der Waals surface area contributed by atoms with Crippen molar-refractivity contribution in [3.63, 3.8) is 0 Å². The van der Waals surface area contributed by atoms with E-state index in [-0.39, 0.29) is 0 Å². The Hall–Kier alpha value is -0.700. The van der Waals surface area contributed by atoms with E-state index in [9.17, 15) is 0 Å². The quantitative estimate of drug-likeness (QED) is 0.575. The number of unbranched alkanes of at least 4 members (excludes halogenated alkanes) is 2. The molecule has 1 rings (SSSR count). The lowest BCUT2D eigenvalue weighted by atomic mass is 10.3. The third-order valence-electron chi connectivity index (χ3n) is 1.98. The van der Waals surface area contributed by atoms with E-state index < -0.39 is 0 Å². The molecule has 0 saturated carbocycles.